The number of alkyl carbamates (subject to hydrolysis) is 1. The first-order chi connectivity index (χ1) is 27.2. The van der Waals surface area contributed by atoms with E-state index < -0.39 is 65.4 Å². The lowest BCUT2D eigenvalue weighted by molar-refractivity contribution is -0.147. The van der Waals surface area contributed by atoms with Gasteiger partial charge in [0.1, 0.15) is 50.3 Å². The van der Waals surface area contributed by atoms with E-state index in [0.717, 1.165) is 0 Å². The fourth-order valence-corrected chi connectivity index (χ4v) is 8.22. The molecular formula is C38H39Cl3N4O11S. The molecule has 0 aliphatic carbocycles. The minimum absolute atomic E-state index is 0.0957. The number of halogens is 3. The summed E-state index contributed by atoms with van der Waals surface area (Å²) in [5.74, 6) is 0.168. The number of hydrogen-bond donors (Lipinski definition) is 3. The van der Waals surface area contributed by atoms with Gasteiger partial charge in [0.15, 0.2) is 23.0 Å². The van der Waals surface area contributed by atoms with Gasteiger partial charge in [-0.25, -0.2) is 14.4 Å². The highest BCUT2D eigenvalue weighted by Gasteiger charge is 2.56. The second-order valence-electron chi connectivity index (χ2n) is 13.3. The lowest BCUT2D eigenvalue weighted by Crippen LogP contribution is -2.64. The first-order valence-electron chi connectivity index (χ1n) is 17.5. The number of carbonyl (C=O) groups is 3. The number of amides is 2. The number of piperazine rings is 1. The number of nitrogens with one attached hydrogen (secondary N) is 1. The second kappa shape index (κ2) is 17.0. The van der Waals surface area contributed by atoms with Crippen LogP contribution in [0.5, 0.6) is 28.7 Å². The number of alkyl halides is 3. The summed E-state index contributed by atoms with van der Waals surface area (Å²) in [6.45, 7) is 9.95. The van der Waals surface area contributed by atoms with Crippen molar-refractivity contribution in [1.29, 1.82) is 5.26 Å². The lowest BCUT2D eigenvalue weighted by atomic mass is 9.75. The number of methoxy groups -OCH3 is 1. The molecule has 6 rings (SSSR count). The van der Waals surface area contributed by atoms with Crippen LogP contribution in [-0.2, 0) is 25.4 Å². The minimum Gasteiger partial charge on any atom is -0.504 e. The summed E-state index contributed by atoms with van der Waals surface area (Å²) in [4.78, 5) is 43.6. The summed E-state index contributed by atoms with van der Waals surface area (Å²) in [6, 6.07) is -1.15. The van der Waals surface area contributed by atoms with Crippen LogP contribution in [0.3, 0.4) is 0 Å². The zero-order valence-corrected chi connectivity index (χ0v) is 34.2. The summed E-state index contributed by atoms with van der Waals surface area (Å²) in [5.41, 5.74) is 3.94. The zero-order chi connectivity index (χ0) is 41.3. The van der Waals surface area contributed by atoms with Crippen LogP contribution < -0.4 is 24.3 Å². The van der Waals surface area contributed by atoms with Crippen LogP contribution in [0.2, 0.25) is 0 Å². The smallest absolute Gasteiger partial charge is 0.411 e. The van der Waals surface area contributed by atoms with E-state index in [1.165, 1.54) is 18.1 Å². The Kier molecular flexibility index (Phi) is 12.4. The molecule has 2 aromatic rings. The molecule has 2 aromatic carbocycles. The van der Waals surface area contributed by atoms with Gasteiger partial charge in [0.05, 0.1) is 25.3 Å². The molecule has 57 heavy (non-hydrogen) atoms. The third-order valence-corrected chi connectivity index (χ3v) is 10.7. The number of benzene rings is 2. The van der Waals surface area contributed by atoms with Crippen molar-refractivity contribution in [2.75, 3.05) is 46.1 Å². The molecule has 2 bridgehead atoms. The van der Waals surface area contributed by atoms with Crippen LogP contribution in [0.4, 0.5) is 9.59 Å². The Morgan fingerprint density at radius 2 is 1.82 bits per heavy atom. The molecule has 5 atom stereocenters. The van der Waals surface area contributed by atoms with Gasteiger partial charge in [0, 0.05) is 33.7 Å². The molecular weight excluding hydrogens is 827 g/mol. The molecule has 304 valence electrons. The number of aromatic hydroxyl groups is 1. The standard InChI is InChI=1S/C38H39Cl3N4O11S/c1-6-8-51-31-19(4)33-34(56-17-55-33)29-21(31)12-24-30-28-18(3)32(50-5)27(46)11-20(28)10-23(45(30)37(49)52-9-7-2)25(13-42)44(24)26(29)14-53-35(47)22(15-57)43-36(48)54-16-38(39,40)41/h6-7,11-12,22-23,25-26,30,46,57H,1-2,8-10,14-17H2,3-5H3,(H,43,48)/t22-,23+,25?,26-,30+/m0/s1. The summed E-state index contributed by atoms with van der Waals surface area (Å²) in [7, 11) is 1.43. The average molecular weight is 866 g/mol. The molecule has 4 aliphatic rings. The maximum atomic E-state index is 14.1. The number of nitrogens with zero attached hydrogens (tertiary/aromatic N) is 3. The number of rotatable bonds is 12. The van der Waals surface area contributed by atoms with Gasteiger partial charge in [-0.2, -0.15) is 17.9 Å². The van der Waals surface area contributed by atoms with Crippen LogP contribution in [0.15, 0.2) is 37.1 Å². The van der Waals surface area contributed by atoms with Crippen LogP contribution in [0, 0.1) is 25.2 Å². The molecule has 1 unspecified atom stereocenters. The first kappa shape index (κ1) is 41.8. The SMILES string of the molecule is C=CCOC(=O)N1[C@@H]2C3=Cc4c(OCC=C)c(C)c5c(c4[C@H](COC(=O)[C@H](CS)NC(=O)OCC(Cl)(Cl)Cl)N3C(C#N)[C@H]1Cc1cc(O)c(OC)c(C)c12)OCO5. The quantitative estimate of drug-likeness (QED) is 0.0729. The van der Waals surface area contributed by atoms with Gasteiger partial charge < -0.3 is 48.5 Å². The van der Waals surface area contributed by atoms with Crippen molar-refractivity contribution < 1.29 is 52.6 Å². The highest BCUT2D eigenvalue weighted by atomic mass is 35.6. The molecule has 1 saturated heterocycles. The molecule has 0 aromatic heterocycles. The van der Waals surface area contributed by atoms with Crippen LogP contribution in [-0.4, -0.2) is 101 Å². The molecule has 1 fully saturated rings. The predicted molar refractivity (Wildman–Crippen MR) is 211 cm³/mol. The number of phenolic OH excluding ortho intramolecular Hbond substituents is 1. The predicted octanol–water partition coefficient (Wildman–Crippen LogP) is 6.14. The number of esters is 1. The van der Waals surface area contributed by atoms with E-state index >= 15 is 0 Å². The summed E-state index contributed by atoms with van der Waals surface area (Å²) >= 11 is 21.3. The number of hydrogen-bond acceptors (Lipinski definition) is 14. The third kappa shape index (κ3) is 7.77. The van der Waals surface area contributed by atoms with E-state index in [-0.39, 0.29) is 43.7 Å². The fourth-order valence-electron chi connectivity index (χ4n) is 7.82. The number of thiol groups is 1. The Bertz CT molecular complexity index is 2070. The average Bonchev–Trinajstić information content (AvgIpc) is 3.67. The second-order valence-corrected chi connectivity index (χ2v) is 16.2. The fraction of sp³-hybridized carbons (Fsp3) is 0.421. The monoisotopic (exact) mass is 864 g/mol. The highest BCUT2D eigenvalue weighted by molar-refractivity contribution is 7.80. The molecule has 0 saturated carbocycles. The molecule has 4 aliphatic heterocycles. The van der Waals surface area contributed by atoms with Crippen LogP contribution >= 0.6 is 47.4 Å². The van der Waals surface area contributed by atoms with Crippen molar-refractivity contribution in [3.63, 3.8) is 0 Å². The molecule has 15 nitrogen and oxygen atoms in total. The van der Waals surface area contributed by atoms with E-state index in [1.54, 1.807) is 30.9 Å². The summed E-state index contributed by atoms with van der Waals surface area (Å²) in [5, 5.41) is 24.4. The number of ether oxygens (including phenoxy) is 7. The van der Waals surface area contributed by atoms with Crippen LogP contribution in [0.25, 0.3) is 6.08 Å². The van der Waals surface area contributed by atoms with Gasteiger partial charge in [-0.15, -0.1) is 0 Å². The van der Waals surface area contributed by atoms with Gasteiger partial charge >= 0.3 is 18.2 Å². The Balaban J connectivity index is 1.54. The number of phenols is 1. The molecule has 4 heterocycles. The highest BCUT2D eigenvalue weighted by Crippen LogP contribution is 2.59. The van der Waals surface area contributed by atoms with E-state index in [1.807, 2.05) is 6.08 Å². The maximum absolute atomic E-state index is 14.1. The Morgan fingerprint density at radius 1 is 1.11 bits per heavy atom. The Labute approximate surface area is 348 Å². The van der Waals surface area contributed by atoms with Crippen LogP contribution in [0.1, 0.15) is 45.5 Å². The Morgan fingerprint density at radius 3 is 2.47 bits per heavy atom. The van der Waals surface area contributed by atoms with Gasteiger partial charge in [-0.3, -0.25) is 4.90 Å². The minimum atomic E-state index is -1.89. The number of nitriles is 1. The number of fused-ring (bicyclic) bond motifs is 9. The maximum Gasteiger partial charge on any atom is 0.411 e. The van der Waals surface area contributed by atoms with Gasteiger partial charge in [-0.1, -0.05) is 60.1 Å². The molecule has 2 N–H and O–H groups in total. The van der Waals surface area contributed by atoms with Crippen molar-refractivity contribution in [2.24, 2.45) is 0 Å². The largest absolute Gasteiger partial charge is 0.504 e. The van der Waals surface area contributed by atoms with Crippen molar-refractivity contribution >= 4 is 71.7 Å². The summed E-state index contributed by atoms with van der Waals surface area (Å²) in [6.07, 6.45) is 3.21. The number of carbonyl (C=O) groups excluding carboxylic acids is 3. The third-order valence-electron chi connectivity index (χ3n) is 9.98. The van der Waals surface area contributed by atoms with Crippen molar-refractivity contribution in [2.45, 2.75) is 54.3 Å². The van der Waals surface area contributed by atoms with Crippen molar-refractivity contribution in [3.8, 4) is 34.8 Å². The van der Waals surface area contributed by atoms with E-state index in [4.69, 9.17) is 68.0 Å². The molecule has 2 amide bonds. The lowest BCUT2D eigenvalue weighted by Gasteiger charge is -2.57. The van der Waals surface area contributed by atoms with E-state index in [0.29, 0.717) is 56.3 Å². The first-order valence-corrected chi connectivity index (χ1v) is 19.3. The molecule has 0 radical (unpaired) electrons. The van der Waals surface area contributed by atoms with E-state index in [2.05, 4.69) is 37.2 Å². The van der Waals surface area contributed by atoms with Crippen molar-refractivity contribution in [1.82, 2.24) is 15.1 Å². The normalized spacial score (nSPS) is 20.4. The topological polar surface area (TPSA) is 178 Å². The molecule has 0 spiro atoms. The van der Waals surface area contributed by atoms with Gasteiger partial charge in [-0.05, 0) is 43.5 Å². The molecule has 19 heteroatoms. The Hall–Kier alpha value is -4.82. The summed E-state index contributed by atoms with van der Waals surface area (Å²) < 4.78 is 38.5. The van der Waals surface area contributed by atoms with E-state index in [9.17, 15) is 24.8 Å². The van der Waals surface area contributed by atoms with Gasteiger partial charge in [0.25, 0.3) is 0 Å². The zero-order valence-electron chi connectivity index (χ0n) is 31.0. The van der Waals surface area contributed by atoms with Gasteiger partial charge in [0.2, 0.25) is 10.6 Å². The van der Waals surface area contributed by atoms with Crippen molar-refractivity contribution in [3.05, 3.63) is 70.5 Å².